The number of anilines is 1. The number of esters is 1. The number of rotatable bonds is 8. The van der Waals surface area contributed by atoms with E-state index in [4.69, 9.17) is 14.2 Å². The Labute approximate surface area is 165 Å². The van der Waals surface area contributed by atoms with Gasteiger partial charge in [0.25, 0.3) is 10.0 Å². The second-order valence-corrected chi connectivity index (χ2v) is 7.72. The Morgan fingerprint density at radius 3 is 2.29 bits per heavy atom. The van der Waals surface area contributed by atoms with Crippen molar-refractivity contribution in [3.8, 4) is 11.5 Å². The summed E-state index contributed by atoms with van der Waals surface area (Å²) in [6.45, 7) is 5.58. The smallest absolute Gasteiger partial charge is 0.338 e. The maximum Gasteiger partial charge on any atom is 0.338 e. The molecule has 8 heteroatoms. The Morgan fingerprint density at radius 1 is 1.04 bits per heavy atom. The highest BCUT2D eigenvalue weighted by molar-refractivity contribution is 7.92. The van der Waals surface area contributed by atoms with Gasteiger partial charge in [-0.3, -0.25) is 4.31 Å². The van der Waals surface area contributed by atoms with Crippen LogP contribution in [0.2, 0.25) is 0 Å². The molecule has 152 valence electrons. The van der Waals surface area contributed by atoms with Crippen molar-refractivity contribution < 1.29 is 27.4 Å². The highest BCUT2D eigenvalue weighted by Gasteiger charge is 2.27. The van der Waals surface area contributed by atoms with Gasteiger partial charge in [0.15, 0.2) is 11.5 Å². The maximum atomic E-state index is 13.3. The van der Waals surface area contributed by atoms with Crippen molar-refractivity contribution in [2.75, 3.05) is 31.7 Å². The molecule has 0 amide bonds. The number of hydrogen-bond acceptors (Lipinski definition) is 6. The van der Waals surface area contributed by atoms with Crippen molar-refractivity contribution in [2.24, 2.45) is 0 Å². The van der Waals surface area contributed by atoms with E-state index in [1.54, 1.807) is 45.0 Å². The molecule has 0 aliphatic carbocycles. The van der Waals surface area contributed by atoms with Crippen LogP contribution < -0.4 is 13.8 Å². The van der Waals surface area contributed by atoms with Gasteiger partial charge in [0.05, 0.1) is 37.0 Å². The zero-order valence-electron chi connectivity index (χ0n) is 16.7. The van der Waals surface area contributed by atoms with Crippen LogP contribution in [0.25, 0.3) is 0 Å². The Balaban J connectivity index is 2.56. The van der Waals surface area contributed by atoms with Crippen molar-refractivity contribution in [3.63, 3.8) is 0 Å². The van der Waals surface area contributed by atoms with Crippen LogP contribution in [0, 0.1) is 6.92 Å². The van der Waals surface area contributed by atoms with Gasteiger partial charge in [0, 0.05) is 12.6 Å². The fraction of sp³-hybridized carbons (Fsp3) is 0.350. The molecule has 7 nitrogen and oxygen atoms in total. The highest BCUT2D eigenvalue weighted by atomic mass is 32.2. The van der Waals surface area contributed by atoms with Crippen LogP contribution >= 0.6 is 0 Å². The molecule has 2 aromatic carbocycles. The Hall–Kier alpha value is -2.74. The molecule has 0 aliphatic rings. The first-order chi connectivity index (χ1) is 13.3. The van der Waals surface area contributed by atoms with Gasteiger partial charge >= 0.3 is 5.97 Å². The average Bonchev–Trinajstić information content (AvgIpc) is 2.69. The third-order valence-corrected chi connectivity index (χ3v) is 6.18. The maximum absolute atomic E-state index is 13.3. The largest absolute Gasteiger partial charge is 0.493 e. The van der Waals surface area contributed by atoms with Crippen molar-refractivity contribution in [2.45, 2.75) is 25.7 Å². The van der Waals surface area contributed by atoms with Gasteiger partial charge in [-0.15, -0.1) is 0 Å². The van der Waals surface area contributed by atoms with Crippen LogP contribution in [0.15, 0.2) is 41.3 Å². The Bertz CT molecular complexity index is 955. The van der Waals surface area contributed by atoms with E-state index in [9.17, 15) is 13.2 Å². The van der Waals surface area contributed by atoms with Crippen LogP contribution in [0.5, 0.6) is 11.5 Å². The van der Waals surface area contributed by atoms with Crippen molar-refractivity contribution in [3.05, 3.63) is 47.5 Å². The van der Waals surface area contributed by atoms with Crippen LogP contribution in [-0.2, 0) is 14.8 Å². The minimum Gasteiger partial charge on any atom is -0.493 e. The summed E-state index contributed by atoms with van der Waals surface area (Å²) in [5.41, 5.74) is 1.29. The van der Waals surface area contributed by atoms with Crippen molar-refractivity contribution in [1.29, 1.82) is 0 Å². The van der Waals surface area contributed by atoms with E-state index in [1.807, 2.05) is 0 Å². The molecule has 0 saturated carbocycles. The summed E-state index contributed by atoms with van der Waals surface area (Å²) in [5.74, 6) is 0.267. The molecule has 2 rings (SSSR count). The van der Waals surface area contributed by atoms with E-state index in [-0.39, 0.29) is 18.0 Å². The number of carbonyl (C=O) groups is 1. The molecule has 0 aromatic heterocycles. The summed E-state index contributed by atoms with van der Waals surface area (Å²) in [5, 5.41) is 0. The SMILES string of the molecule is CCOC(=O)c1cccc(N(CC)S(=O)(=O)c2ccc(OC)c(OC)c2)c1C. The second kappa shape index (κ2) is 8.97. The quantitative estimate of drug-likeness (QED) is 0.624. The molecule has 0 bridgehead atoms. The molecule has 0 atom stereocenters. The van der Waals surface area contributed by atoms with Gasteiger partial charge in [-0.1, -0.05) is 6.07 Å². The van der Waals surface area contributed by atoms with Crippen molar-refractivity contribution in [1.82, 2.24) is 0 Å². The molecule has 0 spiro atoms. The summed E-state index contributed by atoms with van der Waals surface area (Å²) in [6.07, 6.45) is 0. The lowest BCUT2D eigenvalue weighted by molar-refractivity contribution is 0.0525. The van der Waals surface area contributed by atoms with Gasteiger partial charge in [-0.05, 0) is 50.6 Å². The molecular weight excluding hydrogens is 382 g/mol. The van der Waals surface area contributed by atoms with Gasteiger partial charge in [-0.25, -0.2) is 13.2 Å². The second-order valence-electron chi connectivity index (χ2n) is 5.86. The van der Waals surface area contributed by atoms with Crippen LogP contribution in [0.4, 0.5) is 5.69 Å². The lowest BCUT2D eigenvalue weighted by Gasteiger charge is -2.25. The first-order valence-corrected chi connectivity index (χ1v) is 10.3. The minimum absolute atomic E-state index is 0.0629. The highest BCUT2D eigenvalue weighted by Crippen LogP contribution is 2.33. The molecule has 0 aliphatic heterocycles. The van der Waals surface area contributed by atoms with Gasteiger partial charge in [-0.2, -0.15) is 0 Å². The lowest BCUT2D eigenvalue weighted by atomic mass is 10.1. The molecule has 0 unspecified atom stereocenters. The lowest BCUT2D eigenvalue weighted by Crippen LogP contribution is -2.31. The number of sulfonamides is 1. The predicted molar refractivity (Wildman–Crippen MR) is 107 cm³/mol. The van der Waals surface area contributed by atoms with E-state index in [1.165, 1.54) is 30.7 Å². The van der Waals surface area contributed by atoms with Gasteiger partial charge in [0.1, 0.15) is 0 Å². The number of benzene rings is 2. The van der Waals surface area contributed by atoms with Crippen LogP contribution in [0.3, 0.4) is 0 Å². The topological polar surface area (TPSA) is 82.1 Å². The predicted octanol–water partition coefficient (Wildman–Crippen LogP) is 3.40. The molecule has 0 heterocycles. The number of carbonyl (C=O) groups excluding carboxylic acids is 1. The first-order valence-electron chi connectivity index (χ1n) is 8.83. The molecule has 0 fully saturated rings. The molecule has 0 N–H and O–H groups in total. The summed E-state index contributed by atoms with van der Waals surface area (Å²) in [4.78, 5) is 12.2. The Morgan fingerprint density at radius 2 is 1.71 bits per heavy atom. The zero-order chi connectivity index (χ0) is 20.9. The van der Waals surface area contributed by atoms with E-state index in [2.05, 4.69) is 0 Å². The summed E-state index contributed by atoms with van der Waals surface area (Å²) in [7, 11) is -0.969. The number of nitrogens with zero attached hydrogens (tertiary/aromatic N) is 1. The van der Waals surface area contributed by atoms with E-state index < -0.39 is 16.0 Å². The number of methoxy groups -OCH3 is 2. The van der Waals surface area contributed by atoms with E-state index in [0.29, 0.717) is 28.3 Å². The molecule has 0 saturated heterocycles. The fourth-order valence-electron chi connectivity index (χ4n) is 2.90. The standard InChI is InChI=1S/C20H25NO6S/c1-6-21(17-10-8-9-16(14(17)3)20(22)27-7-2)28(23,24)15-11-12-18(25-4)19(13-15)26-5/h8-13H,6-7H2,1-5H3. The number of ether oxygens (including phenoxy) is 3. The van der Waals surface area contributed by atoms with Crippen molar-refractivity contribution >= 4 is 21.7 Å². The summed E-state index contributed by atoms with van der Waals surface area (Å²) in [6, 6.07) is 9.35. The molecule has 0 radical (unpaired) electrons. The Kier molecular flexibility index (Phi) is 6.90. The monoisotopic (exact) mass is 407 g/mol. The molecular formula is C20H25NO6S. The molecule has 28 heavy (non-hydrogen) atoms. The minimum atomic E-state index is -3.89. The van der Waals surface area contributed by atoms with Gasteiger partial charge in [0.2, 0.25) is 0 Å². The first kappa shape index (κ1) is 21.6. The zero-order valence-corrected chi connectivity index (χ0v) is 17.5. The normalized spacial score (nSPS) is 11.0. The van der Waals surface area contributed by atoms with Crippen LogP contribution in [0.1, 0.15) is 29.8 Å². The summed E-state index contributed by atoms with van der Waals surface area (Å²) >= 11 is 0. The summed E-state index contributed by atoms with van der Waals surface area (Å²) < 4.78 is 43.3. The third-order valence-electron chi connectivity index (χ3n) is 4.30. The third kappa shape index (κ3) is 4.06. The number of hydrogen-bond donors (Lipinski definition) is 0. The van der Waals surface area contributed by atoms with E-state index in [0.717, 1.165) is 0 Å². The average molecular weight is 407 g/mol. The van der Waals surface area contributed by atoms with Crippen LogP contribution in [-0.4, -0.2) is 41.8 Å². The fourth-order valence-corrected chi connectivity index (χ4v) is 4.44. The van der Waals surface area contributed by atoms with E-state index >= 15 is 0 Å². The molecule has 2 aromatic rings. The van der Waals surface area contributed by atoms with Gasteiger partial charge < -0.3 is 14.2 Å².